The molecule has 33 heavy (non-hydrogen) atoms. The number of likely N-dealkylation sites (tertiary alicyclic amines) is 1. The molecule has 1 spiro atoms. The molecule has 1 fully saturated rings. The molecule has 1 N–H and O–H groups in total. The molecular weight excluding hydrogens is 425 g/mol. The van der Waals surface area contributed by atoms with E-state index in [0.29, 0.717) is 30.8 Å². The van der Waals surface area contributed by atoms with E-state index < -0.39 is 34.7 Å². The number of likely N-dealkylation sites (N-methyl/N-ethyl adjacent to an activating group) is 1. The quantitative estimate of drug-likeness (QED) is 0.415. The number of ketones is 1. The maximum Gasteiger partial charge on any atom is 0.296 e. The minimum Gasteiger partial charge on any atom is -0.507 e. The summed E-state index contributed by atoms with van der Waals surface area (Å²) in [7, 11) is 3.66. The fraction of sp³-hybridized carbons (Fsp3) is 0.320. The first-order chi connectivity index (χ1) is 15.7. The van der Waals surface area contributed by atoms with Gasteiger partial charge in [0.05, 0.1) is 11.3 Å². The maximum atomic E-state index is 14.1. The first kappa shape index (κ1) is 22.7. The zero-order valence-electron chi connectivity index (χ0n) is 18.8. The topological polar surface area (TPSA) is 81.2 Å². The van der Waals surface area contributed by atoms with E-state index in [0.717, 1.165) is 12.1 Å². The van der Waals surface area contributed by atoms with Gasteiger partial charge in [-0.1, -0.05) is 25.1 Å². The number of hydrogen-bond donors (Lipinski definition) is 1. The average molecular weight is 451 g/mol. The fourth-order valence-corrected chi connectivity index (χ4v) is 4.66. The fourth-order valence-electron chi connectivity index (χ4n) is 4.66. The van der Waals surface area contributed by atoms with Crippen LogP contribution in [0, 0.1) is 5.82 Å². The minimum atomic E-state index is -1.78. The smallest absolute Gasteiger partial charge is 0.296 e. The van der Waals surface area contributed by atoms with E-state index in [4.69, 9.17) is 0 Å². The van der Waals surface area contributed by atoms with Gasteiger partial charge >= 0.3 is 0 Å². The number of halogens is 1. The molecule has 2 aliphatic rings. The zero-order chi connectivity index (χ0) is 23.9. The molecule has 0 radical (unpaired) electrons. The first-order valence-electron chi connectivity index (χ1n) is 10.9. The van der Waals surface area contributed by atoms with Crippen molar-refractivity contribution in [1.29, 1.82) is 0 Å². The number of aliphatic hydroxyl groups is 1. The molecule has 2 amide bonds. The normalized spacial score (nSPS) is 21.5. The molecule has 8 heteroatoms. The van der Waals surface area contributed by atoms with Crippen LogP contribution in [0.15, 0.2) is 54.1 Å². The van der Waals surface area contributed by atoms with Gasteiger partial charge in [0, 0.05) is 30.8 Å². The Hall–Kier alpha value is -3.52. The van der Waals surface area contributed by atoms with Crippen LogP contribution in [0.2, 0.25) is 0 Å². The summed E-state index contributed by atoms with van der Waals surface area (Å²) in [5, 5.41) is 11.3. The number of anilines is 1. The van der Waals surface area contributed by atoms with Crippen molar-refractivity contribution in [2.75, 3.05) is 38.6 Å². The molecule has 0 saturated carbocycles. The number of nitrogens with zero attached hydrogens (tertiary/aromatic N) is 3. The van der Waals surface area contributed by atoms with Gasteiger partial charge in [0.15, 0.2) is 5.54 Å². The predicted molar refractivity (Wildman–Crippen MR) is 122 cm³/mol. The van der Waals surface area contributed by atoms with Crippen molar-refractivity contribution < 1.29 is 23.9 Å². The third-order valence-electron chi connectivity index (χ3n) is 6.14. The molecular formula is C25H26FN3O4. The van der Waals surface area contributed by atoms with Crippen LogP contribution in [-0.4, -0.2) is 66.2 Å². The van der Waals surface area contributed by atoms with Gasteiger partial charge in [0.2, 0.25) is 0 Å². The highest BCUT2D eigenvalue weighted by Gasteiger charge is 2.66. The third kappa shape index (κ3) is 3.33. The zero-order valence-corrected chi connectivity index (χ0v) is 18.8. The highest BCUT2D eigenvalue weighted by molar-refractivity contribution is 6.50. The van der Waals surface area contributed by atoms with Crippen molar-refractivity contribution in [2.45, 2.75) is 18.9 Å². The van der Waals surface area contributed by atoms with Crippen molar-refractivity contribution >= 4 is 29.0 Å². The summed E-state index contributed by atoms with van der Waals surface area (Å²) < 4.78 is 13.5. The molecule has 1 atom stereocenters. The number of benzene rings is 2. The predicted octanol–water partition coefficient (Wildman–Crippen LogP) is 2.72. The van der Waals surface area contributed by atoms with Gasteiger partial charge in [-0.05, 0) is 50.8 Å². The van der Waals surface area contributed by atoms with Gasteiger partial charge in [-0.15, -0.1) is 0 Å². The number of aliphatic hydroxyl groups excluding tert-OH is 1. The summed E-state index contributed by atoms with van der Waals surface area (Å²) in [6, 6.07) is 12.0. The van der Waals surface area contributed by atoms with Gasteiger partial charge in [0.1, 0.15) is 11.6 Å². The summed E-state index contributed by atoms with van der Waals surface area (Å²) in [6.07, 6.45) is 0.665. The molecule has 0 bridgehead atoms. The first-order valence-corrected chi connectivity index (χ1v) is 10.9. The van der Waals surface area contributed by atoms with E-state index >= 15 is 0 Å². The van der Waals surface area contributed by atoms with Crippen LogP contribution >= 0.6 is 0 Å². The number of fused-ring (bicyclic) bond motifs is 2. The van der Waals surface area contributed by atoms with Crippen LogP contribution in [0.1, 0.15) is 24.5 Å². The summed E-state index contributed by atoms with van der Waals surface area (Å²) in [5.74, 6) is -3.24. The van der Waals surface area contributed by atoms with Crippen LogP contribution in [0.3, 0.4) is 0 Å². The second-order valence-electron chi connectivity index (χ2n) is 8.50. The van der Waals surface area contributed by atoms with Crippen molar-refractivity contribution in [1.82, 2.24) is 9.80 Å². The molecule has 1 saturated heterocycles. The summed E-state index contributed by atoms with van der Waals surface area (Å²) in [6.45, 7) is 2.85. The van der Waals surface area contributed by atoms with E-state index in [2.05, 4.69) is 0 Å². The molecule has 4 rings (SSSR count). The van der Waals surface area contributed by atoms with E-state index in [-0.39, 0.29) is 17.7 Å². The molecule has 0 unspecified atom stereocenters. The number of carbonyl (C=O) groups excluding carboxylic acids is 3. The number of Topliss-reactive ketones (excluding diaryl/α,β-unsaturated/α-hetero) is 1. The molecule has 0 aliphatic carbocycles. The highest BCUT2D eigenvalue weighted by atomic mass is 19.1. The lowest BCUT2D eigenvalue weighted by Crippen LogP contribution is -2.53. The Morgan fingerprint density at radius 3 is 2.33 bits per heavy atom. The van der Waals surface area contributed by atoms with Crippen molar-refractivity contribution in [3.63, 3.8) is 0 Å². The van der Waals surface area contributed by atoms with E-state index in [1.165, 1.54) is 17.0 Å². The van der Waals surface area contributed by atoms with Gasteiger partial charge in [-0.25, -0.2) is 4.39 Å². The lowest BCUT2D eigenvalue weighted by molar-refractivity contribution is -0.143. The Kier molecular flexibility index (Phi) is 5.80. The Labute approximate surface area is 191 Å². The summed E-state index contributed by atoms with van der Waals surface area (Å²) in [4.78, 5) is 45.4. The van der Waals surface area contributed by atoms with E-state index in [1.807, 2.05) is 25.9 Å². The number of carbonyl (C=O) groups is 3. The van der Waals surface area contributed by atoms with Crippen molar-refractivity contribution in [2.24, 2.45) is 0 Å². The van der Waals surface area contributed by atoms with Crippen LogP contribution in [-0.2, 0) is 19.9 Å². The molecule has 2 heterocycles. The summed E-state index contributed by atoms with van der Waals surface area (Å²) >= 11 is 0. The van der Waals surface area contributed by atoms with Gasteiger partial charge in [-0.2, -0.15) is 0 Å². The molecule has 0 aromatic heterocycles. The second-order valence-corrected chi connectivity index (χ2v) is 8.50. The standard InChI is InChI=1S/C25H26FN3O4/c1-4-13-28-19-8-6-5-7-18(19)25(24(28)33)20(21(30)16-9-11-17(26)12-10-16)22(31)23(32)29(25)15-14-27(2)3/h5-12,30H,4,13-15H2,1-3H3/t25-/m1/s1. The number of hydrogen-bond acceptors (Lipinski definition) is 5. The lowest BCUT2D eigenvalue weighted by atomic mass is 9.82. The van der Waals surface area contributed by atoms with Gasteiger partial charge < -0.3 is 19.8 Å². The Morgan fingerprint density at radius 2 is 1.70 bits per heavy atom. The Morgan fingerprint density at radius 1 is 1.03 bits per heavy atom. The number of para-hydroxylation sites is 1. The van der Waals surface area contributed by atoms with E-state index in [9.17, 15) is 23.9 Å². The van der Waals surface area contributed by atoms with Crippen LogP contribution in [0.25, 0.3) is 5.76 Å². The highest BCUT2D eigenvalue weighted by Crippen LogP contribution is 2.53. The number of rotatable bonds is 6. The average Bonchev–Trinajstić information content (AvgIpc) is 3.16. The van der Waals surface area contributed by atoms with Crippen LogP contribution in [0.5, 0.6) is 0 Å². The van der Waals surface area contributed by atoms with E-state index in [1.54, 1.807) is 29.2 Å². The SMILES string of the molecule is CCCN1C(=O)[C@]2(C(=C(O)c3ccc(F)cc3)C(=O)C(=O)N2CCN(C)C)c2ccccc21. The molecule has 2 aromatic rings. The number of amides is 2. The van der Waals surface area contributed by atoms with Crippen molar-refractivity contribution in [3.05, 3.63) is 71.0 Å². The molecule has 2 aromatic carbocycles. The summed E-state index contributed by atoms with van der Waals surface area (Å²) in [5.41, 5.74) is -0.834. The third-order valence-corrected chi connectivity index (χ3v) is 6.14. The van der Waals surface area contributed by atoms with Crippen LogP contribution < -0.4 is 4.90 Å². The monoisotopic (exact) mass is 451 g/mol. The maximum absolute atomic E-state index is 14.1. The Balaban J connectivity index is 2.04. The second kappa shape index (κ2) is 8.44. The van der Waals surface area contributed by atoms with Crippen molar-refractivity contribution in [3.8, 4) is 0 Å². The molecule has 2 aliphatic heterocycles. The largest absolute Gasteiger partial charge is 0.507 e. The Bertz CT molecular complexity index is 1160. The molecule has 172 valence electrons. The van der Waals surface area contributed by atoms with Gasteiger partial charge in [0.25, 0.3) is 17.6 Å². The van der Waals surface area contributed by atoms with Crippen LogP contribution in [0.4, 0.5) is 10.1 Å². The molecule has 7 nitrogen and oxygen atoms in total. The lowest BCUT2D eigenvalue weighted by Gasteiger charge is -2.35. The van der Waals surface area contributed by atoms with Gasteiger partial charge in [-0.3, -0.25) is 14.4 Å². The minimum absolute atomic E-state index is 0.109.